The Kier molecular flexibility index (Phi) is 9.39. The van der Waals surface area contributed by atoms with Gasteiger partial charge in [-0.25, -0.2) is 0 Å². The number of aliphatic hydroxyl groups excluding tert-OH is 3. The Morgan fingerprint density at radius 1 is 1.10 bits per heavy atom. The van der Waals surface area contributed by atoms with Crippen LogP contribution in [0.25, 0.3) is 0 Å². The summed E-state index contributed by atoms with van der Waals surface area (Å²) in [6.45, 7) is 6.20. The number of rotatable bonds is 9. The van der Waals surface area contributed by atoms with E-state index in [-0.39, 0.29) is 17.9 Å². The molecule has 174 valence electrons. The number of benzene rings is 1. The number of nitrogens with one attached hydrogen (secondary N) is 2. The molecule has 0 aliphatic carbocycles. The molecule has 1 saturated heterocycles. The highest BCUT2D eigenvalue weighted by atomic mass is 16.6. The van der Waals surface area contributed by atoms with Crippen molar-refractivity contribution < 1.29 is 34.4 Å². The minimum absolute atomic E-state index is 0.159. The average Bonchev–Trinajstić information content (AvgIpc) is 2.73. The lowest BCUT2D eigenvalue weighted by atomic mass is 9.96. The molecule has 5 N–H and O–H groups in total. The molecule has 1 aliphatic heterocycles. The van der Waals surface area contributed by atoms with Gasteiger partial charge >= 0.3 is 0 Å². The van der Waals surface area contributed by atoms with E-state index >= 15 is 0 Å². The van der Waals surface area contributed by atoms with Gasteiger partial charge in [0, 0.05) is 12.0 Å². The van der Waals surface area contributed by atoms with Crippen LogP contribution < -0.4 is 10.6 Å². The molecule has 0 bridgehead atoms. The molecule has 2 amide bonds. The summed E-state index contributed by atoms with van der Waals surface area (Å²) in [5, 5.41) is 35.8. The molecule has 0 aromatic heterocycles. The summed E-state index contributed by atoms with van der Waals surface area (Å²) >= 11 is 0. The van der Waals surface area contributed by atoms with Crippen molar-refractivity contribution >= 4 is 11.8 Å². The molecule has 1 aromatic rings. The summed E-state index contributed by atoms with van der Waals surface area (Å²) in [6.07, 6.45) is -5.49. The summed E-state index contributed by atoms with van der Waals surface area (Å²) in [4.78, 5) is 24.8. The van der Waals surface area contributed by atoms with Gasteiger partial charge in [0.25, 0.3) is 0 Å². The molecule has 1 aromatic carbocycles. The van der Waals surface area contributed by atoms with Gasteiger partial charge in [-0.15, -0.1) is 0 Å². The van der Waals surface area contributed by atoms with E-state index in [1.807, 2.05) is 37.3 Å². The molecule has 7 atom stereocenters. The monoisotopic (exact) mass is 438 g/mol. The predicted octanol–water partition coefficient (Wildman–Crippen LogP) is -0.281. The Balaban J connectivity index is 2.04. The lowest BCUT2D eigenvalue weighted by Crippen LogP contribution is -2.66. The molecule has 0 saturated carbocycles. The first-order valence-corrected chi connectivity index (χ1v) is 10.6. The molecule has 0 spiro atoms. The molecule has 9 nitrogen and oxygen atoms in total. The second-order valence-electron chi connectivity index (χ2n) is 8.27. The van der Waals surface area contributed by atoms with Crippen LogP contribution in [-0.4, -0.2) is 76.5 Å². The van der Waals surface area contributed by atoms with Crippen LogP contribution in [0.3, 0.4) is 0 Å². The van der Waals surface area contributed by atoms with Crippen molar-refractivity contribution in [1.82, 2.24) is 10.6 Å². The Hall–Kier alpha value is -2.04. The first-order chi connectivity index (χ1) is 14.6. The first kappa shape index (κ1) is 25.2. The summed E-state index contributed by atoms with van der Waals surface area (Å²) in [6, 6.07) is 8.45. The second kappa shape index (κ2) is 11.5. The Bertz CT molecular complexity index is 715. The highest BCUT2D eigenvalue weighted by Gasteiger charge is 2.47. The van der Waals surface area contributed by atoms with Gasteiger partial charge in [-0.1, -0.05) is 44.2 Å². The van der Waals surface area contributed by atoms with Crippen LogP contribution in [0.4, 0.5) is 0 Å². The lowest BCUT2D eigenvalue weighted by Gasteiger charge is -2.43. The van der Waals surface area contributed by atoms with Gasteiger partial charge in [0.2, 0.25) is 11.8 Å². The van der Waals surface area contributed by atoms with Crippen molar-refractivity contribution in [2.45, 2.75) is 76.9 Å². The van der Waals surface area contributed by atoms with E-state index in [4.69, 9.17) is 9.47 Å². The second-order valence-corrected chi connectivity index (χ2v) is 8.27. The van der Waals surface area contributed by atoms with Crippen LogP contribution in [0.1, 0.15) is 33.3 Å². The van der Waals surface area contributed by atoms with E-state index in [9.17, 15) is 24.9 Å². The van der Waals surface area contributed by atoms with Gasteiger partial charge in [0.1, 0.15) is 30.5 Å². The number of carbonyl (C=O) groups is 2. The van der Waals surface area contributed by atoms with Crippen LogP contribution in [0.5, 0.6) is 0 Å². The summed E-state index contributed by atoms with van der Waals surface area (Å²) in [5.74, 6) is -1.14. The normalized spacial score (nSPS) is 28.1. The van der Waals surface area contributed by atoms with Crippen molar-refractivity contribution in [2.75, 3.05) is 6.61 Å². The molecular weight excluding hydrogens is 404 g/mol. The van der Waals surface area contributed by atoms with Crippen molar-refractivity contribution in [3.05, 3.63) is 35.9 Å². The highest BCUT2D eigenvalue weighted by molar-refractivity contribution is 5.80. The summed E-state index contributed by atoms with van der Waals surface area (Å²) < 4.78 is 11.0. The molecule has 9 heteroatoms. The number of hydrogen-bond acceptors (Lipinski definition) is 7. The van der Waals surface area contributed by atoms with Crippen molar-refractivity contribution in [2.24, 2.45) is 5.92 Å². The molecule has 1 aliphatic rings. The van der Waals surface area contributed by atoms with Gasteiger partial charge in [-0.2, -0.15) is 0 Å². The van der Waals surface area contributed by atoms with Crippen LogP contribution in [-0.2, 0) is 25.5 Å². The van der Waals surface area contributed by atoms with Gasteiger partial charge in [0.15, 0.2) is 6.29 Å². The maximum Gasteiger partial charge on any atom is 0.249 e. The minimum Gasteiger partial charge on any atom is -0.394 e. The summed E-state index contributed by atoms with van der Waals surface area (Å²) in [7, 11) is 0. The minimum atomic E-state index is -1.51. The third-order valence-corrected chi connectivity index (χ3v) is 5.21. The third-order valence-electron chi connectivity index (χ3n) is 5.21. The van der Waals surface area contributed by atoms with E-state index in [2.05, 4.69) is 10.6 Å². The van der Waals surface area contributed by atoms with E-state index in [0.29, 0.717) is 6.42 Å². The molecule has 1 heterocycles. The quantitative estimate of drug-likeness (QED) is 0.358. The first-order valence-electron chi connectivity index (χ1n) is 10.6. The molecule has 2 unspecified atom stereocenters. The third kappa shape index (κ3) is 6.98. The average molecular weight is 439 g/mol. The smallest absolute Gasteiger partial charge is 0.249 e. The van der Waals surface area contributed by atoms with E-state index < -0.39 is 49.3 Å². The fraction of sp³-hybridized carbons (Fsp3) is 0.636. The molecule has 31 heavy (non-hydrogen) atoms. The lowest BCUT2D eigenvalue weighted by molar-refractivity contribution is -0.266. The molecule has 0 radical (unpaired) electrons. The number of ether oxygens (including phenoxy) is 2. The van der Waals surface area contributed by atoms with E-state index in [0.717, 1.165) is 5.56 Å². The summed E-state index contributed by atoms with van der Waals surface area (Å²) in [5.41, 5.74) is 1.08. The van der Waals surface area contributed by atoms with Crippen LogP contribution in [0.2, 0.25) is 0 Å². The topological polar surface area (TPSA) is 137 Å². The van der Waals surface area contributed by atoms with Gasteiger partial charge in [-0.05, 0) is 25.8 Å². The zero-order valence-corrected chi connectivity index (χ0v) is 18.4. The maximum atomic E-state index is 12.6. The molecular formula is C22H34N2O7. The number of carbonyl (C=O) groups excluding carboxylic acids is 2. The Morgan fingerprint density at radius 2 is 1.74 bits per heavy atom. The van der Waals surface area contributed by atoms with Crippen molar-refractivity contribution in [1.29, 1.82) is 0 Å². The number of aliphatic hydroxyl groups is 3. The molecule has 2 rings (SSSR count). The van der Waals surface area contributed by atoms with Crippen LogP contribution in [0.15, 0.2) is 30.3 Å². The zero-order valence-electron chi connectivity index (χ0n) is 18.4. The SMILES string of the molecule is CC(Cc1ccccc1)NC(=O)[C@@H](C)O[C@H]1[C@H](O)[C@@H](CO)OC(O)[C@@H]1NC(=O)C(C)C. The zero-order chi connectivity index (χ0) is 23.1. The predicted molar refractivity (Wildman–Crippen MR) is 113 cm³/mol. The molecule has 1 fully saturated rings. The highest BCUT2D eigenvalue weighted by Crippen LogP contribution is 2.24. The fourth-order valence-corrected chi connectivity index (χ4v) is 3.41. The number of hydrogen-bond donors (Lipinski definition) is 5. The van der Waals surface area contributed by atoms with Crippen molar-refractivity contribution in [3.8, 4) is 0 Å². The largest absolute Gasteiger partial charge is 0.394 e. The Morgan fingerprint density at radius 3 is 2.32 bits per heavy atom. The van der Waals surface area contributed by atoms with E-state index in [1.54, 1.807) is 13.8 Å². The van der Waals surface area contributed by atoms with Crippen LogP contribution >= 0.6 is 0 Å². The van der Waals surface area contributed by atoms with Crippen LogP contribution in [0, 0.1) is 5.92 Å². The van der Waals surface area contributed by atoms with Gasteiger partial charge < -0.3 is 35.4 Å². The van der Waals surface area contributed by atoms with Gasteiger partial charge in [0.05, 0.1) is 6.61 Å². The fourth-order valence-electron chi connectivity index (χ4n) is 3.41. The number of amides is 2. The van der Waals surface area contributed by atoms with E-state index in [1.165, 1.54) is 6.92 Å². The Labute approximate surface area is 182 Å². The van der Waals surface area contributed by atoms with Crippen molar-refractivity contribution in [3.63, 3.8) is 0 Å². The maximum absolute atomic E-state index is 12.6. The standard InChI is InChI=1S/C22H34N2O7/c1-12(2)20(27)24-17-19(18(26)16(11-25)31-22(17)29)30-14(4)21(28)23-13(3)10-15-8-6-5-7-9-15/h5-9,12-14,16-19,22,25-26,29H,10-11H2,1-4H3,(H,23,28)(H,24,27)/t13?,14-,16-,17-,18-,19-,22?/m1/s1. The van der Waals surface area contributed by atoms with Gasteiger partial charge in [-0.3, -0.25) is 9.59 Å².